The van der Waals surface area contributed by atoms with Crippen LogP contribution in [0.5, 0.6) is 0 Å². The zero-order valence-electron chi connectivity index (χ0n) is 14.2. The van der Waals surface area contributed by atoms with Crippen molar-refractivity contribution >= 4 is 21.0 Å². The molecule has 4 rings (SSSR count). The van der Waals surface area contributed by atoms with Gasteiger partial charge in [-0.05, 0) is 35.6 Å². The molecule has 2 aliphatic rings. The van der Waals surface area contributed by atoms with Gasteiger partial charge < -0.3 is 5.11 Å². The van der Waals surface area contributed by atoms with Crippen molar-refractivity contribution in [3.63, 3.8) is 0 Å². The minimum absolute atomic E-state index is 0.0189. The SMILES string of the molecule is O=S(=O)(N1CCCC1)N1CC[C@@H](c2ccc3ccccc3c2)[C@H](O)C1. The molecule has 0 spiro atoms. The first kappa shape index (κ1) is 17.0. The average molecular weight is 360 g/mol. The number of hydrogen-bond acceptors (Lipinski definition) is 3. The minimum Gasteiger partial charge on any atom is -0.391 e. The summed E-state index contributed by atoms with van der Waals surface area (Å²) in [5.41, 5.74) is 1.09. The van der Waals surface area contributed by atoms with Crippen molar-refractivity contribution in [2.24, 2.45) is 0 Å². The molecule has 134 valence electrons. The molecule has 2 aliphatic heterocycles. The first-order valence-electron chi connectivity index (χ1n) is 8.98. The molecule has 1 N–H and O–H groups in total. The van der Waals surface area contributed by atoms with E-state index in [-0.39, 0.29) is 12.5 Å². The highest BCUT2D eigenvalue weighted by atomic mass is 32.2. The largest absolute Gasteiger partial charge is 0.391 e. The smallest absolute Gasteiger partial charge is 0.282 e. The molecule has 0 unspecified atom stereocenters. The van der Waals surface area contributed by atoms with E-state index >= 15 is 0 Å². The Hall–Kier alpha value is -1.47. The molecule has 0 radical (unpaired) electrons. The second-order valence-electron chi connectivity index (χ2n) is 7.04. The van der Waals surface area contributed by atoms with Crippen molar-refractivity contribution in [3.8, 4) is 0 Å². The van der Waals surface area contributed by atoms with Crippen LogP contribution >= 0.6 is 0 Å². The maximum Gasteiger partial charge on any atom is 0.282 e. The van der Waals surface area contributed by atoms with E-state index in [1.165, 1.54) is 9.69 Å². The van der Waals surface area contributed by atoms with Crippen molar-refractivity contribution in [1.82, 2.24) is 8.61 Å². The number of hydrogen-bond donors (Lipinski definition) is 1. The number of rotatable bonds is 3. The van der Waals surface area contributed by atoms with Crippen LogP contribution < -0.4 is 0 Å². The van der Waals surface area contributed by atoms with Crippen molar-refractivity contribution in [2.75, 3.05) is 26.2 Å². The van der Waals surface area contributed by atoms with Gasteiger partial charge in [0.15, 0.2) is 0 Å². The first-order chi connectivity index (χ1) is 12.1. The third kappa shape index (κ3) is 3.19. The molecule has 5 nitrogen and oxygen atoms in total. The molecule has 2 fully saturated rings. The molecule has 0 amide bonds. The van der Waals surface area contributed by atoms with Gasteiger partial charge in [-0.1, -0.05) is 42.5 Å². The quantitative estimate of drug-likeness (QED) is 0.914. The summed E-state index contributed by atoms with van der Waals surface area (Å²) in [6, 6.07) is 14.4. The van der Waals surface area contributed by atoms with Crippen LogP contribution in [0.15, 0.2) is 42.5 Å². The molecule has 2 atom stereocenters. The number of aliphatic hydroxyl groups is 1. The van der Waals surface area contributed by atoms with Gasteiger partial charge in [0.05, 0.1) is 6.10 Å². The summed E-state index contributed by atoms with van der Waals surface area (Å²) < 4.78 is 28.4. The number of aliphatic hydroxyl groups excluding tert-OH is 1. The monoisotopic (exact) mass is 360 g/mol. The fourth-order valence-corrected chi connectivity index (χ4v) is 5.75. The number of nitrogens with zero attached hydrogens (tertiary/aromatic N) is 2. The summed E-state index contributed by atoms with van der Waals surface area (Å²) in [6.07, 6.45) is 1.82. The summed E-state index contributed by atoms with van der Waals surface area (Å²) in [6.45, 7) is 1.84. The lowest BCUT2D eigenvalue weighted by Crippen LogP contribution is -2.50. The molecule has 2 saturated heterocycles. The van der Waals surface area contributed by atoms with E-state index in [1.807, 2.05) is 12.1 Å². The maximum atomic E-state index is 12.7. The molecule has 6 heteroatoms. The molecule has 25 heavy (non-hydrogen) atoms. The fraction of sp³-hybridized carbons (Fsp3) is 0.474. The highest BCUT2D eigenvalue weighted by Crippen LogP contribution is 2.32. The highest BCUT2D eigenvalue weighted by Gasteiger charge is 2.38. The van der Waals surface area contributed by atoms with Crippen LogP contribution in [-0.2, 0) is 10.2 Å². The lowest BCUT2D eigenvalue weighted by atomic mass is 9.87. The Kier molecular flexibility index (Phi) is 4.54. The Bertz CT molecular complexity index is 862. The highest BCUT2D eigenvalue weighted by molar-refractivity contribution is 7.86. The normalized spacial score (nSPS) is 26.3. The molecular formula is C19H24N2O3S. The third-order valence-corrected chi connectivity index (χ3v) is 7.47. The van der Waals surface area contributed by atoms with Crippen LogP contribution in [-0.4, -0.2) is 54.4 Å². The molecule has 0 aromatic heterocycles. The zero-order chi connectivity index (χ0) is 17.4. The lowest BCUT2D eigenvalue weighted by molar-refractivity contribution is 0.0831. The van der Waals surface area contributed by atoms with Crippen LogP contribution in [0.3, 0.4) is 0 Å². The van der Waals surface area contributed by atoms with Gasteiger partial charge in [-0.3, -0.25) is 0 Å². The second-order valence-corrected chi connectivity index (χ2v) is 8.97. The Morgan fingerprint density at radius 1 is 0.920 bits per heavy atom. The van der Waals surface area contributed by atoms with Gasteiger partial charge in [0, 0.05) is 32.1 Å². The molecule has 2 heterocycles. The van der Waals surface area contributed by atoms with Crippen LogP contribution in [0.4, 0.5) is 0 Å². The lowest BCUT2D eigenvalue weighted by Gasteiger charge is -2.37. The Morgan fingerprint density at radius 3 is 2.36 bits per heavy atom. The topological polar surface area (TPSA) is 60.9 Å². The van der Waals surface area contributed by atoms with Crippen molar-refractivity contribution in [2.45, 2.75) is 31.3 Å². The van der Waals surface area contributed by atoms with E-state index in [0.717, 1.165) is 23.8 Å². The van der Waals surface area contributed by atoms with Crippen LogP contribution in [0, 0.1) is 0 Å². The van der Waals surface area contributed by atoms with Crippen LogP contribution in [0.2, 0.25) is 0 Å². The summed E-state index contributed by atoms with van der Waals surface area (Å²) >= 11 is 0. The summed E-state index contributed by atoms with van der Waals surface area (Å²) in [7, 11) is -3.43. The third-order valence-electron chi connectivity index (χ3n) is 5.46. The predicted octanol–water partition coefficient (Wildman–Crippen LogP) is 2.33. The van der Waals surface area contributed by atoms with Crippen LogP contribution in [0.1, 0.15) is 30.7 Å². The van der Waals surface area contributed by atoms with Gasteiger partial charge in [-0.25, -0.2) is 0 Å². The van der Waals surface area contributed by atoms with E-state index in [0.29, 0.717) is 26.1 Å². The molecule has 0 aliphatic carbocycles. The number of β-amino-alcohol motifs (C(OH)–C–C–N with tert-alkyl or cyclic N) is 1. The predicted molar refractivity (Wildman–Crippen MR) is 98.6 cm³/mol. The van der Waals surface area contributed by atoms with Gasteiger partial charge in [-0.15, -0.1) is 0 Å². The molecular weight excluding hydrogens is 336 g/mol. The summed E-state index contributed by atoms with van der Waals surface area (Å²) in [5, 5.41) is 13.0. The number of benzene rings is 2. The van der Waals surface area contributed by atoms with Crippen molar-refractivity contribution < 1.29 is 13.5 Å². The van der Waals surface area contributed by atoms with Crippen molar-refractivity contribution in [1.29, 1.82) is 0 Å². The molecule has 0 saturated carbocycles. The zero-order valence-corrected chi connectivity index (χ0v) is 15.0. The first-order valence-corrected chi connectivity index (χ1v) is 10.4. The van der Waals surface area contributed by atoms with Gasteiger partial charge >= 0.3 is 0 Å². The molecule has 2 aromatic carbocycles. The minimum atomic E-state index is -3.43. The second kappa shape index (κ2) is 6.68. The van der Waals surface area contributed by atoms with E-state index in [4.69, 9.17) is 0 Å². The van der Waals surface area contributed by atoms with E-state index in [2.05, 4.69) is 30.3 Å². The molecule has 2 aromatic rings. The standard InChI is InChI=1S/C19H24N2O3S/c22-19-14-21(25(23,24)20-10-3-4-11-20)12-9-18(19)17-8-7-15-5-1-2-6-16(15)13-17/h1-2,5-8,13,18-19,22H,3-4,9-12,14H2/t18-,19+/m0/s1. The fourth-order valence-electron chi connectivity index (χ4n) is 4.02. The van der Waals surface area contributed by atoms with E-state index in [1.54, 1.807) is 4.31 Å². The van der Waals surface area contributed by atoms with Gasteiger partial charge in [-0.2, -0.15) is 17.0 Å². The number of piperidine rings is 1. The average Bonchev–Trinajstić information content (AvgIpc) is 3.17. The van der Waals surface area contributed by atoms with Gasteiger partial charge in [0.2, 0.25) is 0 Å². The Labute approximate surface area is 149 Å². The van der Waals surface area contributed by atoms with Crippen molar-refractivity contribution in [3.05, 3.63) is 48.0 Å². The van der Waals surface area contributed by atoms with E-state index < -0.39 is 16.3 Å². The van der Waals surface area contributed by atoms with Crippen LogP contribution in [0.25, 0.3) is 10.8 Å². The van der Waals surface area contributed by atoms with E-state index in [9.17, 15) is 13.5 Å². The summed E-state index contributed by atoms with van der Waals surface area (Å²) in [5.74, 6) is -0.0189. The Balaban J connectivity index is 1.52. The Morgan fingerprint density at radius 2 is 1.64 bits per heavy atom. The maximum absolute atomic E-state index is 12.7. The number of fused-ring (bicyclic) bond motifs is 1. The van der Waals surface area contributed by atoms with Gasteiger partial charge in [0.1, 0.15) is 0 Å². The molecule has 0 bridgehead atoms. The van der Waals surface area contributed by atoms with Gasteiger partial charge in [0.25, 0.3) is 10.2 Å². The summed E-state index contributed by atoms with van der Waals surface area (Å²) in [4.78, 5) is 0.